The van der Waals surface area contributed by atoms with Crippen molar-refractivity contribution >= 4 is 11.8 Å². The fourth-order valence-electron chi connectivity index (χ4n) is 4.57. The van der Waals surface area contributed by atoms with Gasteiger partial charge in [0.05, 0.1) is 5.92 Å². The van der Waals surface area contributed by atoms with Crippen LogP contribution < -0.4 is 16.1 Å². The third-order valence-corrected chi connectivity index (χ3v) is 6.03. The van der Waals surface area contributed by atoms with Crippen molar-refractivity contribution in [1.82, 2.24) is 26.0 Å². The molecule has 0 radical (unpaired) electrons. The summed E-state index contributed by atoms with van der Waals surface area (Å²) in [6, 6.07) is 9.91. The van der Waals surface area contributed by atoms with Gasteiger partial charge in [-0.2, -0.15) is 0 Å². The minimum Gasteiger partial charge on any atom is -0.341 e. The third-order valence-electron chi connectivity index (χ3n) is 6.03. The SMILES string of the molecule is CC1NN2C(C3CCNCC3)=CC(=O)NC2C1C(=O)N(C)Cc1ccccc1. The number of hydrogen-bond acceptors (Lipinski definition) is 5. The van der Waals surface area contributed by atoms with Gasteiger partial charge in [-0.25, -0.2) is 5.43 Å². The quantitative estimate of drug-likeness (QED) is 0.717. The number of nitrogens with one attached hydrogen (secondary N) is 3. The van der Waals surface area contributed by atoms with Crippen LogP contribution in [0.1, 0.15) is 25.3 Å². The number of piperidine rings is 1. The number of allylic oxidation sites excluding steroid dienone is 1. The van der Waals surface area contributed by atoms with Crippen molar-refractivity contribution in [2.24, 2.45) is 11.8 Å². The minimum atomic E-state index is -0.344. The first-order chi connectivity index (χ1) is 13.5. The Morgan fingerprint density at radius 3 is 2.64 bits per heavy atom. The van der Waals surface area contributed by atoms with Gasteiger partial charge in [0.15, 0.2) is 0 Å². The van der Waals surface area contributed by atoms with Crippen LogP contribution in [-0.2, 0) is 16.1 Å². The molecule has 4 rings (SSSR count). The molecule has 7 heteroatoms. The number of amides is 2. The van der Waals surface area contributed by atoms with E-state index in [1.807, 2.05) is 49.3 Å². The van der Waals surface area contributed by atoms with Crippen molar-refractivity contribution in [3.63, 3.8) is 0 Å². The number of rotatable bonds is 4. The number of fused-ring (bicyclic) bond motifs is 1. The Kier molecular flexibility index (Phi) is 5.37. The van der Waals surface area contributed by atoms with Gasteiger partial charge in [0.1, 0.15) is 6.17 Å². The number of carbonyl (C=O) groups is 2. The average Bonchev–Trinajstić information content (AvgIpc) is 3.03. The van der Waals surface area contributed by atoms with Crippen LogP contribution in [0, 0.1) is 11.8 Å². The summed E-state index contributed by atoms with van der Waals surface area (Å²) in [7, 11) is 1.83. The van der Waals surface area contributed by atoms with E-state index in [2.05, 4.69) is 16.1 Å². The first-order valence-corrected chi connectivity index (χ1v) is 10.1. The summed E-state index contributed by atoms with van der Waals surface area (Å²) in [6.07, 6.45) is 3.37. The Bertz CT molecular complexity index is 759. The van der Waals surface area contributed by atoms with Crippen molar-refractivity contribution in [1.29, 1.82) is 0 Å². The van der Waals surface area contributed by atoms with Crippen molar-refractivity contribution in [2.45, 2.75) is 38.5 Å². The van der Waals surface area contributed by atoms with Crippen LogP contribution in [0.15, 0.2) is 42.1 Å². The van der Waals surface area contributed by atoms with Gasteiger partial charge in [-0.15, -0.1) is 0 Å². The Balaban J connectivity index is 1.52. The van der Waals surface area contributed by atoms with E-state index in [1.54, 1.807) is 11.0 Å². The fraction of sp³-hybridized carbons (Fsp3) is 0.524. The molecule has 2 saturated heterocycles. The zero-order valence-corrected chi connectivity index (χ0v) is 16.5. The lowest BCUT2D eigenvalue weighted by Crippen LogP contribution is -2.56. The number of carbonyl (C=O) groups excluding carboxylic acids is 2. The number of benzene rings is 1. The lowest BCUT2D eigenvalue weighted by Gasteiger charge is -2.39. The van der Waals surface area contributed by atoms with Gasteiger partial charge in [0.25, 0.3) is 0 Å². The molecular weight excluding hydrogens is 354 g/mol. The molecule has 0 aromatic heterocycles. The van der Waals surface area contributed by atoms with E-state index in [4.69, 9.17) is 0 Å². The molecule has 7 nitrogen and oxygen atoms in total. The highest BCUT2D eigenvalue weighted by molar-refractivity contribution is 5.90. The van der Waals surface area contributed by atoms with Crippen molar-refractivity contribution < 1.29 is 9.59 Å². The molecule has 3 unspecified atom stereocenters. The van der Waals surface area contributed by atoms with E-state index >= 15 is 0 Å². The predicted octanol–water partition coefficient (Wildman–Crippen LogP) is 0.809. The molecule has 28 heavy (non-hydrogen) atoms. The fourth-order valence-corrected chi connectivity index (χ4v) is 4.57. The van der Waals surface area contributed by atoms with E-state index < -0.39 is 0 Å². The molecule has 150 valence electrons. The molecule has 3 aliphatic rings. The van der Waals surface area contributed by atoms with E-state index in [-0.39, 0.29) is 29.9 Å². The van der Waals surface area contributed by atoms with Gasteiger partial charge in [0, 0.05) is 37.3 Å². The van der Waals surface area contributed by atoms with Gasteiger partial charge in [-0.1, -0.05) is 30.3 Å². The van der Waals surface area contributed by atoms with E-state index in [9.17, 15) is 9.59 Å². The predicted molar refractivity (Wildman–Crippen MR) is 106 cm³/mol. The largest absolute Gasteiger partial charge is 0.341 e. The molecule has 0 aliphatic carbocycles. The minimum absolute atomic E-state index is 0.0446. The van der Waals surface area contributed by atoms with Gasteiger partial charge >= 0.3 is 0 Å². The van der Waals surface area contributed by atoms with Crippen LogP contribution in [0.5, 0.6) is 0 Å². The smallest absolute Gasteiger partial charge is 0.247 e. The summed E-state index contributed by atoms with van der Waals surface area (Å²) in [6.45, 7) is 4.49. The second kappa shape index (κ2) is 7.93. The van der Waals surface area contributed by atoms with Gasteiger partial charge in [-0.3, -0.25) is 14.6 Å². The lowest BCUT2D eigenvalue weighted by atomic mass is 9.91. The summed E-state index contributed by atoms with van der Waals surface area (Å²) in [4.78, 5) is 27.5. The first-order valence-electron chi connectivity index (χ1n) is 10.1. The summed E-state index contributed by atoms with van der Waals surface area (Å²) in [5.74, 6) is -0.0501. The molecular formula is C21H29N5O2. The molecule has 2 amide bonds. The maximum atomic E-state index is 13.3. The molecule has 3 atom stereocenters. The molecule has 0 bridgehead atoms. The van der Waals surface area contributed by atoms with Crippen LogP contribution >= 0.6 is 0 Å². The normalized spacial score (nSPS) is 27.8. The molecule has 3 N–H and O–H groups in total. The van der Waals surface area contributed by atoms with Crippen molar-refractivity contribution in [3.8, 4) is 0 Å². The van der Waals surface area contributed by atoms with E-state index in [1.165, 1.54) is 0 Å². The Morgan fingerprint density at radius 1 is 1.21 bits per heavy atom. The van der Waals surface area contributed by atoms with Crippen LogP contribution in [0.4, 0.5) is 0 Å². The lowest BCUT2D eigenvalue weighted by molar-refractivity contribution is -0.136. The van der Waals surface area contributed by atoms with Crippen molar-refractivity contribution in [3.05, 3.63) is 47.7 Å². The Morgan fingerprint density at radius 2 is 1.93 bits per heavy atom. The maximum Gasteiger partial charge on any atom is 0.247 e. The van der Waals surface area contributed by atoms with E-state index in [0.717, 1.165) is 37.2 Å². The highest BCUT2D eigenvalue weighted by Crippen LogP contribution is 2.34. The molecule has 1 aromatic carbocycles. The number of hydrogen-bond donors (Lipinski definition) is 3. The summed E-state index contributed by atoms with van der Waals surface area (Å²) in [5, 5.41) is 8.43. The van der Waals surface area contributed by atoms with Crippen LogP contribution in [0.25, 0.3) is 0 Å². The molecule has 3 heterocycles. The maximum absolute atomic E-state index is 13.3. The highest BCUT2D eigenvalue weighted by atomic mass is 16.2. The van der Waals surface area contributed by atoms with Crippen molar-refractivity contribution in [2.75, 3.05) is 20.1 Å². The summed E-state index contributed by atoms with van der Waals surface area (Å²) in [5.41, 5.74) is 5.57. The van der Waals surface area contributed by atoms with Gasteiger partial charge < -0.3 is 15.5 Å². The standard InChI is InChI=1S/C21H29N5O2/c1-14-19(21(28)25(2)13-15-6-4-3-5-7-15)20-23-18(27)12-17(26(20)24-14)16-8-10-22-11-9-16/h3-7,12,14,16,19-20,22,24H,8-11,13H2,1-2H3,(H,23,27). The van der Waals surface area contributed by atoms with Crippen LogP contribution in [-0.4, -0.2) is 54.1 Å². The van der Waals surface area contributed by atoms with E-state index in [0.29, 0.717) is 12.5 Å². The molecule has 3 aliphatic heterocycles. The van der Waals surface area contributed by atoms with Gasteiger partial charge in [0.2, 0.25) is 11.8 Å². The number of hydrazine groups is 1. The second-order valence-electron chi connectivity index (χ2n) is 8.04. The zero-order valence-electron chi connectivity index (χ0n) is 16.5. The highest BCUT2D eigenvalue weighted by Gasteiger charge is 2.48. The van der Waals surface area contributed by atoms with Crippen LogP contribution in [0.3, 0.4) is 0 Å². The first kappa shape index (κ1) is 19.0. The summed E-state index contributed by atoms with van der Waals surface area (Å²) < 4.78 is 0. The number of nitrogens with zero attached hydrogens (tertiary/aromatic N) is 2. The molecule has 0 spiro atoms. The topological polar surface area (TPSA) is 76.7 Å². The monoisotopic (exact) mass is 383 g/mol. The molecule has 2 fully saturated rings. The van der Waals surface area contributed by atoms with Crippen LogP contribution in [0.2, 0.25) is 0 Å². The molecule has 1 aromatic rings. The zero-order chi connectivity index (χ0) is 19.7. The Hall–Kier alpha value is -2.38. The average molecular weight is 383 g/mol. The third kappa shape index (κ3) is 3.64. The Labute approximate surface area is 166 Å². The molecule has 0 saturated carbocycles. The van der Waals surface area contributed by atoms with Gasteiger partial charge in [-0.05, 0) is 38.4 Å². The summed E-state index contributed by atoms with van der Waals surface area (Å²) >= 11 is 0. The second-order valence-corrected chi connectivity index (χ2v) is 8.04.